The highest BCUT2D eigenvalue weighted by Crippen LogP contribution is 1.78. The van der Waals surface area contributed by atoms with Crippen LogP contribution in [0.2, 0.25) is 0 Å². The van der Waals surface area contributed by atoms with E-state index in [-0.39, 0.29) is 6.42 Å². The van der Waals surface area contributed by atoms with Crippen LogP contribution in [0.15, 0.2) is 0 Å². The summed E-state index contributed by atoms with van der Waals surface area (Å²) in [6.45, 7) is 5.05. The molecule has 0 aromatic heterocycles. The first-order valence-corrected chi connectivity index (χ1v) is 5.89. The van der Waals surface area contributed by atoms with Gasteiger partial charge in [-0.1, -0.05) is 0 Å². The van der Waals surface area contributed by atoms with Crippen molar-refractivity contribution in [2.45, 2.75) is 25.7 Å². The molecule has 0 aromatic rings. The summed E-state index contributed by atoms with van der Waals surface area (Å²) in [7, 11) is 0. The van der Waals surface area contributed by atoms with Crippen molar-refractivity contribution in [2.24, 2.45) is 0 Å². The Hall–Kier alpha value is -0.650. The third-order valence-electron chi connectivity index (χ3n) is 2.28. The van der Waals surface area contributed by atoms with Crippen molar-refractivity contribution < 1.29 is 26.3 Å². The highest BCUT2D eigenvalue weighted by molar-refractivity contribution is 5.64. The van der Waals surface area contributed by atoms with Crippen LogP contribution < -0.4 is 21.5 Å². The van der Waals surface area contributed by atoms with E-state index in [1.807, 2.05) is 5.32 Å². The van der Waals surface area contributed by atoms with Gasteiger partial charge in [-0.3, -0.25) is 0 Å². The smallest absolute Gasteiger partial charge is 0.0809 e. The number of carbonyl (C=O) groups excluding carboxylic acids is 1. The Morgan fingerprint density at radius 1 is 1.00 bits per heavy atom. The van der Waals surface area contributed by atoms with Crippen LogP contribution in [0.4, 0.5) is 0 Å². The maximum absolute atomic E-state index is 10.1. The second-order valence-corrected chi connectivity index (χ2v) is 3.77. The zero-order valence-electron chi connectivity index (χ0n) is 9.54. The van der Waals surface area contributed by atoms with Gasteiger partial charge in [-0.05, 0) is 0 Å². The fourth-order valence-electron chi connectivity index (χ4n) is 1.37. The molecule has 0 aliphatic carbocycles. The molecule has 0 spiro atoms. The first-order chi connectivity index (χ1) is 7.27. The van der Waals surface area contributed by atoms with Crippen molar-refractivity contribution in [3.63, 3.8) is 0 Å². The molecule has 0 rings (SSSR count). The number of aliphatic carboxylic acids is 1. The largest absolute Gasteiger partial charge is 0.550 e. The van der Waals surface area contributed by atoms with Gasteiger partial charge in [0.1, 0.15) is 0 Å². The second kappa shape index (κ2) is 11.4. The first kappa shape index (κ1) is 14.3. The van der Waals surface area contributed by atoms with Gasteiger partial charge in [-0.25, -0.2) is 0 Å². The standard InChI is InChI=1S/C10H23N3O2/c11-5-3-8-12-6-1-2-7-13-9-4-10(14)15/h12-13H,1-9,11H2,(H,14,15)/p+2. The fraction of sp³-hybridized carbons (Fsp3) is 0.900. The maximum Gasteiger partial charge on any atom is 0.0809 e. The molecule has 15 heavy (non-hydrogen) atoms. The molecule has 0 aliphatic heterocycles. The number of carbonyl (C=O) groups is 1. The number of hydrogen-bond acceptors (Lipinski definition) is 2. The van der Waals surface area contributed by atoms with Gasteiger partial charge < -0.3 is 26.3 Å². The van der Waals surface area contributed by atoms with Gasteiger partial charge in [0.05, 0.1) is 32.7 Å². The minimum absolute atomic E-state index is 0.162. The molecule has 5 nitrogen and oxygen atoms in total. The monoisotopic (exact) mass is 219 g/mol. The summed E-state index contributed by atoms with van der Waals surface area (Å²) in [5, 5.41) is 14.5. The molecular weight excluding hydrogens is 194 g/mol. The zero-order chi connectivity index (χ0) is 11.4. The van der Waals surface area contributed by atoms with Crippen LogP contribution in [0.3, 0.4) is 0 Å². The fourth-order valence-corrected chi connectivity index (χ4v) is 1.37. The predicted molar refractivity (Wildman–Crippen MR) is 54.5 cm³/mol. The molecule has 0 heterocycles. The molecule has 7 N–H and O–H groups in total. The van der Waals surface area contributed by atoms with Crippen LogP contribution in [-0.4, -0.2) is 38.7 Å². The Bertz CT molecular complexity index is 154. The third-order valence-corrected chi connectivity index (χ3v) is 2.28. The van der Waals surface area contributed by atoms with Crippen LogP contribution in [0, 0.1) is 0 Å². The lowest BCUT2D eigenvalue weighted by atomic mass is 10.3. The molecule has 0 atom stereocenters. The summed E-state index contributed by atoms with van der Waals surface area (Å²) >= 11 is 0. The van der Waals surface area contributed by atoms with Crippen molar-refractivity contribution >= 4 is 5.97 Å². The normalized spacial score (nSPS) is 10.5. The number of carboxylic acid groups (broad SMARTS) is 1. The van der Waals surface area contributed by atoms with Crippen molar-refractivity contribution in [1.29, 1.82) is 0 Å². The zero-order valence-corrected chi connectivity index (χ0v) is 9.54. The van der Waals surface area contributed by atoms with Gasteiger partial charge in [-0.2, -0.15) is 0 Å². The molecule has 0 aliphatic rings. The van der Waals surface area contributed by atoms with E-state index >= 15 is 0 Å². The molecule has 0 bridgehead atoms. The van der Waals surface area contributed by atoms with Gasteiger partial charge in [-0.15, -0.1) is 0 Å². The van der Waals surface area contributed by atoms with Crippen LogP contribution >= 0.6 is 0 Å². The van der Waals surface area contributed by atoms with Gasteiger partial charge in [0, 0.05) is 31.7 Å². The van der Waals surface area contributed by atoms with Crippen molar-refractivity contribution in [3.8, 4) is 0 Å². The van der Waals surface area contributed by atoms with Gasteiger partial charge in [0.15, 0.2) is 0 Å². The summed E-state index contributed by atoms with van der Waals surface area (Å²) in [6.07, 6.45) is 3.72. The quantitative estimate of drug-likeness (QED) is 0.306. The molecule has 0 saturated heterocycles. The van der Waals surface area contributed by atoms with Crippen molar-refractivity contribution in [1.82, 2.24) is 0 Å². The number of nitrogens with two attached hydrogens (primary N) is 2. The lowest BCUT2D eigenvalue weighted by Gasteiger charge is -2.02. The molecule has 0 saturated carbocycles. The van der Waals surface area contributed by atoms with E-state index in [4.69, 9.17) is 0 Å². The molecule has 0 unspecified atom stereocenters. The van der Waals surface area contributed by atoms with E-state index in [1.54, 1.807) is 0 Å². The van der Waals surface area contributed by atoms with E-state index in [9.17, 15) is 9.90 Å². The molecule has 90 valence electrons. The van der Waals surface area contributed by atoms with Crippen LogP contribution in [0.1, 0.15) is 25.7 Å². The third kappa shape index (κ3) is 13.3. The Morgan fingerprint density at radius 3 is 2.07 bits per heavy atom. The van der Waals surface area contributed by atoms with E-state index in [0.29, 0.717) is 6.54 Å². The van der Waals surface area contributed by atoms with Gasteiger partial charge in [0.25, 0.3) is 0 Å². The lowest BCUT2D eigenvalue weighted by molar-refractivity contribution is -0.665. The van der Waals surface area contributed by atoms with E-state index in [0.717, 1.165) is 19.5 Å². The summed E-state index contributed by atoms with van der Waals surface area (Å²) < 4.78 is 0. The molecule has 0 amide bonds. The number of unbranched alkanes of at least 4 members (excludes halogenated alkanes) is 1. The predicted octanol–water partition coefficient (Wildman–Crippen LogP) is -4.33. The Labute approximate surface area is 91.4 Å². The molecular formula is C10H25N3O2+2. The second-order valence-electron chi connectivity index (χ2n) is 3.77. The number of carboxylic acids is 1. The summed E-state index contributed by atoms with van der Waals surface area (Å²) in [5.74, 6) is -0.951. The van der Waals surface area contributed by atoms with Gasteiger partial charge >= 0.3 is 0 Å². The minimum Gasteiger partial charge on any atom is -0.550 e. The topological polar surface area (TPSA) is 101 Å². The van der Waals surface area contributed by atoms with Crippen LogP contribution in [0.25, 0.3) is 0 Å². The lowest BCUT2D eigenvalue weighted by Crippen LogP contribution is -2.86. The highest BCUT2D eigenvalue weighted by Gasteiger charge is 1.95. The number of rotatable bonds is 11. The summed E-state index contributed by atoms with van der Waals surface area (Å²) in [6, 6.07) is 0. The maximum atomic E-state index is 10.1. The Morgan fingerprint density at radius 2 is 1.53 bits per heavy atom. The number of hydrogen-bond donors (Lipinski definition) is 3. The molecule has 0 aromatic carbocycles. The summed E-state index contributed by atoms with van der Waals surface area (Å²) in [5.41, 5.74) is 3.79. The Kier molecular flexibility index (Phi) is 10.9. The first-order valence-electron chi connectivity index (χ1n) is 5.89. The van der Waals surface area contributed by atoms with E-state index in [1.165, 1.54) is 25.9 Å². The molecule has 5 heteroatoms. The van der Waals surface area contributed by atoms with Crippen LogP contribution in [0.5, 0.6) is 0 Å². The highest BCUT2D eigenvalue weighted by atomic mass is 16.4. The van der Waals surface area contributed by atoms with Crippen LogP contribution in [-0.2, 0) is 4.79 Å². The van der Waals surface area contributed by atoms with E-state index in [2.05, 4.69) is 11.1 Å². The Balaban J connectivity index is 2.89. The van der Waals surface area contributed by atoms with E-state index < -0.39 is 5.97 Å². The van der Waals surface area contributed by atoms with Crippen molar-refractivity contribution in [2.75, 3.05) is 32.7 Å². The van der Waals surface area contributed by atoms with Gasteiger partial charge in [0.2, 0.25) is 0 Å². The summed E-state index contributed by atoms with van der Waals surface area (Å²) in [4.78, 5) is 10.1. The number of quaternary nitrogens is 3. The average molecular weight is 219 g/mol. The SMILES string of the molecule is [NH3+]CCC[NH2+]CCCC[NH2+]CCC(=O)[O-]. The average Bonchev–Trinajstić information content (AvgIpc) is 2.20. The molecule has 0 fully saturated rings. The molecule has 0 radical (unpaired) electrons. The van der Waals surface area contributed by atoms with Crippen molar-refractivity contribution in [3.05, 3.63) is 0 Å². The minimum atomic E-state index is -0.951.